The molecule has 108 valence electrons. The highest BCUT2D eigenvalue weighted by Crippen LogP contribution is 2.16. The molecule has 0 aromatic heterocycles. The molecule has 0 aromatic rings. The van der Waals surface area contributed by atoms with E-state index in [1.54, 1.807) is 19.9 Å². The topological polar surface area (TPSA) is 46.5 Å². The lowest BCUT2D eigenvalue weighted by Crippen LogP contribution is -3.00. The molecule has 4 nitrogen and oxygen atoms in total. The molecule has 2 unspecified atom stereocenters. The number of likely N-dealkylation sites (N-methyl/N-ethyl adjacent to an activating group) is 1. The third-order valence-corrected chi connectivity index (χ3v) is 3.25. The molecule has 0 heterocycles. The lowest BCUT2D eigenvalue weighted by Gasteiger charge is -2.41. The zero-order valence-electron chi connectivity index (χ0n) is 12.0. The quantitative estimate of drug-likeness (QED) is 0.274. The second-order valence-corrected chi connectivity index (χ2v) is 4.42. The van der Waals surface area contributed by atoms with Crippen LogP contribution in [0.3, 0.4) is 0 Å². The number of carbonyl (C=O) groups excluding carboxylic acids is 1. The lowest BCUT2D eigenvalue weighted by molar-refractivity contribution is -0.966. The summed E-state index contributed by atoms with van der Waals surface area (Å²) in [6.45, 7) is 11.8. The van der Waals surface area contributed by atoms with Gasteiger partial charge in [-0.15, -0.1) is 0 Å². The summed E-state index contributed by atoms with van der Waals surface area (Å²) in [4.78, 5) is 11.4. The molecule has 0 aromatic carbocycles. The first-order chi connectivity index (χ1) is 7.91. The largest absolute Gasteiger partial charge is 1.00 e. The van der Waals surface area contributed by atoms with Crippen LogP contribution in [0.2, 0.25) is 0 Å². The molecular formula is C13H26BrNO3. The smallest absolute Gasteiger partial charge is 0.334 e. The third kappa shape index (κ3) is 5.98. The molecule has 0 amide bonds. The fourth-order valence-corrected chi connectivity index (χ4v) is 2.13. The molecule has 0 bridgehead atoms. The number of carbonyl (C=O) groups is 1. The van der Waals surface area contributed by atoms with Crippen LogP contribution in [-0.2, 0) is 9.53 Å². The van der Waals surface area contributed by atoms with E-state index in [0.717, 1.165) is 13.1 Å². The molecule has 1 N–H and O–H groups in total. The number of hydrogen-bond acceptors (Lipinski definition) is 3. The van der Waals surface area contributed by atoms with E-state index in [1.807, 2.05) is 20.8 Å². The van der Waals surface area contributed by atoms with E-state index in [-0.39, 0.29) is 29.2 Å². The Morgan fingerprint density at radius 2 is 1.83 bits per heavy atom. The van der Waals surface area contributed by atoms with Crippen LogP contribution in [0.4, 0.5) is 0 Å². The van der Waals surface area contributed by atoms with Crippen molar-refractivity contribution in [2.45, 2.75) is 47.0 Å². The van der Waals surface area contributed by atoms with Gasteiger partial charge in [0.15, 0.2) is 0 Å². The summed E-state index contributed by atoms with van der Waals surface area (Å²) in [6.07, 6.45) is 2.43. The Labute approximate surface area is 121 Å². The Morgan fingerprint density at radius 3 is 2.17 bits per heavy atom. The van der Waals surface area contributed by atoms with Gasteiger partial charge in [0, 0.05) is 13.0 Å². The van der Waals surface area contributed by atoms with Crippen molar-refractivity contribution in [2.75, 3.05) is 19.6 Å². The zero-order valence-corrected chi connectivity index (χ0v) is 13.6. The Hall–Kier alpha value is -0.390. The number of quaternary nitrogens is 1. The number of rotatable bonds is 7. The highest BCUT2D eigenvalue weighted by Gasteiger charge is 2.34. The number of allylic oxidation sites excluding steroid dienone is 1. The Bertz CT molecular complexity index is 263. The maximum atomic E-state index is 11.4. The molecule has 0 rings (SSSR count). The van der Waals surface area contributed by atoms with Crippen molar-refractivity contribution in [1.82, 2.24) is 0 Å². The van der Waals surface area contributed by atoms with Crippen LogP contribution in [0.1, 0.15) is 34.6 Å². The van der Waals surface area contributed by atoms with Gasteiger partial charge in [-0.25, -0.2) is 4.79 Å². The van der Waals surface area contributed by atoms with Crippen molar-refractivity contribution < 1.29 is 36.1 Å². The molecule has 0 fully saturated rings. The average Bonchev–Trinajstić information content (AvgIpc) is 2.25. The minimum absolute atomic E-state index is 0. The predicted octanol–water partition coefficient (Wildman–Crippen LogP) is -1.31. The normalized spacial score (nSPS) is 15.0. The van der Waals surface area contributed by atoms with Crippen molar-refractivity contribution in [3.05, 3.63) is 12.2 Å². The Morgan fingerprint density at radius 1 is 1.33 bits per heavy atom. The van der Waals surface area contributed by atoms with E-state index in [9.17, 15) is 9.90 Å². The summed E-state index contributed by atoms with van der Waals surface area (Å²) in [5, 5.41) is 9.57. The van der Waals surface area contributed by atoms with Crippen LogP contribution >= 0.6 is 0 Å². The second-order valence-electron chi connectivity index (χ2n) is 4.42. The van der Waals surface area contributed by atoms with Gasteiger partial charge in [-0.05, 0) is 27.7 Å². The summed E-state index contributed by atoms with van der Waals surface area (Å²) < 4.78 is 5.96. The van der Waals surface area contributed by atoms with Crippen LogP contribution in [0, 0.1) is 0 Å². The first-order valence-corrected chi connectivity index (χ1v) is 6.29. The molecule has 0 radical (unpaired) electrons. The fourth-order valence-electron chi connectivity index (χ4n) is 2.13. The van der Waals surface area contributed by atoms with Gasteiger partial charge in [-0.2, -0.15) is 0 Å². The number of aliphatic hydroxyl groups excluding tert-OH is 1. The molecule has 0 aliphatic carbocycles. The molecule has 18 heavy (non-hydrogen) atoms. The summed E-state index contributed by atoms with van der Waals surface area (Å²) in [7, 11) is 0. The summed E-state index contributed by atoms with van der Waals surface area (Å²) in [6, 6.07) is 0. The minimum Gasteiger partial charge on any atom is -1.00 e. The van der Waals surface area contributed by atoms with Crippen molar-refractivity contribution >= 4 is 5.97 Å². The number of aliphatic hydroxyl groups is 1. The van der Waals surface area contributed by atoms with Gasteiger partial charge in [0.2, 0.25) is 6.23 Å². The highest BCUT2D eigenvalue weighted by molar-refractivity contribution is 5.81. The van der Waals surface area contributed by atoms with Crippen LogP contribution in [0.15, 0.2) is 12.2 Å². The molecular weight excluding hydrogens is 298 g/mol. The van der Waals surface area contributed by atoms with Gasteiger partial charge in [0.05, 0.1) is 13.1 Å². The first-order valence-electron chi connectivity index (χ1n) is 6.29. The highest BCUT2D eigenvalue weighted by atomic mass is 79.9. The molecule has 0 spiro atoms. The Balaban J connectivity index is 0. The van der Waals surface area contributed by atoms with E-state index < -0.39 is 6.10 Å². The average molecular weight is 324 g/mol. The first kappa shape index (κ1) is 19.9. The van der Waals surface area contributed by atoms with Crippen LogP contribution in [0.5, 0.6) is 0 Å². The Kier molecular flexibility index (Phi) is 10.6. The molecule has 0 aliphatic heterocycles. The number of halogens is 1. The maximum absolute atomic E-state index is 11.4. The van der Waals surface area contributed by atoms with Gasteiger partial charge in [0.1, 0.15) is 12.6 Å². The zero-order chi connectivity index (χ0) is 13.5. The van der Waals surface area contributed by atoms with E-state index in [1.165, 1.54) is 6.08 Å². The summed E-state index contributed by atoms with van der Waals surface area (Å²) >= 11 is 0. The van der Waals surface area contributed by atoms with Crippen molar-refractivity contribution in [2.24, 2.45) is 0 Å². The van der Waals surface area contributed by atoms with Crippen molar-refractivity contribution in [3.63, 3.8) is 0 Å². The summed E-state index contributed by atoms with van der Waals surface area (Å²) in [5.74, 6) is -0.324. The van der Waals surface area contributed by atoms with Gasteiger partial charge in [-0.1, -0.05) is 6.08 Å². The molecule has 2 atom stereocenters. The summed E-state index contributed by atoms with van der Waals surface area (Å²) in [5.41, 5.74) is 0. The van der Waals surface area contributed by atoms with Gasteiger partial charge >= 0.3 is 5.97 Å². The maximum Gasteiger partial charge on any atom is 0.334 e. The monoisotopic (exact) mass is 323 g/mol. The molecule has 0 saturated heterocycles. The van der Waals surface area contributed by atoms with E-state index >= 15 is 0 Å². The third-order valence-electron chi connectivity index (χ3n) is 3.25. The van der Waals surface area contributed by atoms with E-state index in [2.05, 4.69) is 0 Å². The number of esters is 1. The van der Waals surface area contributed by atoms with Crippen LogP contribution in [-0.4, -0.2) is 47.5 Å². The van der Waals surface area contributed by atoms with E-state index in [4.69, 9.17) is 4.74 Å². The van der Waals surface area contributed by atoms with Gasteiger partial charge < -0.3 is 26.8 Å². The van der Waals surface area contributed by atoms with E-state index in [0.29, 0.717) is 11.0 Å². The van der Waals surface area contributed by atoms with Crippen LogP contribution in [0.25, 0.3) is 0 Å². The van der Waals surface area contributed by atoms with Crippen molar-refractivity contribution in [1.29, 1.82) is 0 Å². The second kappa shape index (κ2) is 9.53. The van der Waals surface area contributed by atoms with Gasteiger partial charge in [0.25, 0.3) is 0 Å². The van der Waals surface area contributed by atoms with Crippen LogP contribution < -0.4 is 17.0 Å². The minimum atomic E-state index is -0.405. The lowest BCUT2D eigenvalue weighted by atomic mass is 10.2. The molecule has 5 heteroatoms. The molecule has 0 saturated carbocycles. The van der Waals surface area contributed by atoms with Gasteiger partial charge in [-0.3, -0.25) is 4.48 Å². The number of nitrogens with zero attached hydrogens (tertiary/aromatic N) is 1. The SMILES string of the molecule is CC=CC(=O)OC(C)[N+](CC)(CC)CC(C)O.[Br-]. The van der Waals surface area contributed by atoms with Crippen molar-refractivity contribution in [3.8, 4) is 0 Å². The molecule has 0 aliphatic rings. The standard InChI is InChI=1S/C13H26NO3.BrH/c1-6-9-13(16)17-12(5)14(7-2,8-3)10-11(4)15;/h6,9,11-12,15H,7-8,10H2,1-5H3;1H/q+1;/p-1. The number of ether oxygens (including phenoxy) is 1. The fraction of sp³-hybridized carbons (Fsp3) is 0.769. The predicted molar refractivity (Wildman–Crippen MR) is 68.3 cm³/mol. The number of hydrogen-bond donors (Lipinski definition) is 1.